The van der Waals surface area contributed by atoms with Gasteiger partial charge in [-0.3, -0.25) is 0 Å². The van der Waals surface area contributed by atoms with Gasteiger partial charge in [0.05, 0.1) is 0 Å². The highest BCUT2D eigenvalue weighted by Gasteiger charge is 2.23. The van der Waals surface area contributed by atoms with Gasteiger partial charge in [-0.1, -0.05) is 24.3 Å². The van der Waals surface area contributed by atoms with Crippen LogP contribution in [0.1, 0.15) is 36.0 Å². The summed E-state index contributed by atoms with van der Waals surface area (Å²) in [6, 6.07) is 7.61. The van der Waals surface area contributed by atoms with Crippen LogP contribution in [0.3, 0.4) is 0 Å². The normalized spacial score (nSPS) is 23.0. The first kappa shape index (κ1) is 11.0. The molecule has 0 saturated carbocycles. The van der Waals surface area contributed by atoms with Crippen molar-refractivity contribution in [1.82, 2.24) is 4.90 Å². The molecular weight excluding hydrogens is 206 g/mol. The Morgan fingerprint density at radius 3 is 2.65 bits per heavy atom. The second-order valence-corrected chi connectivity index (χ2v) is 5.57. The number of rotatable bonds is 2. The van der Waals surface area contributed by atoms with Gasteiger partial charge in [0.2, 0.25) is 0 Å². The standard InChI is InChI=1S/C16H21N/c1-17(2)14-10-9-13-7-4-8-15(16(13)11-14)12-5-3-6-12/h4-5,7-8,14H,3,6,9-11H2,1-2H3. The summed E-state index contributed by atoms with van der Waals surface area (Å²) >= 11 is 0. The van der Waals surface area contributed by atoms with Crippen molar-refractivity contribution < 1.29 is 0 Å². The highest BCUT2D eigenvalue weighted by atomic mass is 15.1. The van der Waals surface area contributed by atoms with Crippen LogP contribution in [0, 0.1) is 0 Å². The van der Waals surface area contributed by atoms with Gasteiger partial charge >= 0.3 is 0 Å². The first-order chi connectivity index (χ1) is 8.25. The number of fused-ring (bicyclic) bond motifs is 1. The Labute approximate surface area is 104 Å². The van der Waals surface area contributed by atoms with Crippen LogP contribution in [0.5, 0.6) is 0 Å². The van der Waals surface area contributed by atoms with Crippen molar-refractivity contribution >= 4 is 5.57 Å². The van der Waals surface area contributed by atoms with Crippen molar-refractivity contribution in [3.63, 3.8) is 0 Å². The van der Waals surface area contributed by atoms with Crippen LogP contribution in [-0.4, -0.2) is 25.0 Å². The summed E-state index contributed by atoms with van der Waals surface area (Å²) in [5, 5.41) is 0. The Kier molecular flexibility index (Phi) is 2.79. The average Bonchev–Trinajstić information content (AvgIpc) is 2.26. The van der Waals surface area contributed by atoms with Crippen LogP contribution in [0.25, 0.3) is 5.57 Å². The van der Waals surface area contributed by atoms with E-state index in [1.54, 1.807) is 22.3 Å². The molecule has 0 radical (unpaired) electrons. The summed E-state index contributed by atoms with van der Waals surface area (Å²) in [6.07, 6.45) is 8.74. The Bertz CT molecular complexity index is 457. The molecular formula is C16H21N. The molecule has 2 aliphatic rings. The molecule has 0 saturated heterocycles. The fraction of sp³-hybridized carbons (Fsp3) is 0.500. The van der Waals surface area contributed by atoms with Gasteiger partial charge in [0, 0.05) is 6.04 Å². The van der Waals surface area contributed by atoms with Crippen molar-refractivity contribution in [2.45, 2.75) is 38.1 Å². The minimum absolute atomic E-state index is 0.726. The fourth-order valence-corrected chi connectivity index (χ4v) is 3.04. The van der Waals surface area contributed by atoms with Gasteiger partial charge in [0.15, 0.2) is 0 Å². The van der Waals surface area contributed by atoms with Crippen LogP contribution in [0.15, 0.2) is 24.3 Å². The van der Waals surface area contributed by atoms with Crippen molar-refractivity contribution in [1.29, 1.82) is 0 Å². The lowest BCUT2D eigenvalue weighted by molar-refractivity contribution is 0.268. The number of benzene rings is 1. The highest BCUT2D eigenvalue weighted by Crippen LogP contribution is 2.35. The molecule has 0 aliphatic heterocycles. The third kappa shape index (κ3) is 1.93. The lowest BCUT2D eigenvalue weighted by atomic mass is 9.80. The van der Waals surface area contributed by atoms with Crippen LogP contribution < -0.4 is 0 Å². The Balaban J connectivity index is 1.98. The summed E-state index contributed by atoms with van der Waals surface area (Å²) in [6.45, 7) is 0. The zero-order chi connectivity index (χ0) is 11.8. The molecule has 1 atom stereocenters. The van der Waals surface area contributed by atoms with E-state index in [4.69, 9.17) is 0 Å². The van der Waals surface area contributed by atoms with E-state index in [0.717, 1.165) is 6.04 Å². The molecule has 1 unspecified atom stereocenters. The predicted molar refractivity (Wildman–Crippen MR) is 73.2 cm³/mol. The van der Waals surface area contributed by atoms with Crippen LogP contribution >= 0.6 is 0 Å². The van der Waals surface area contributed by atoms with Crippen molar-refractivity contribution in [3.05, 3.63) is 41.0 Å². The molecule has 0 fully saturated rings. The van der Waals surface area contributed by atoms with Gasteiger partial charge in [-0.15, -0.1) is 0 Å². The van der Waals surface area contributed by atoms with E-state index in [0.29, 0.717) is 0 Å². The first-order valence-electron chi connectivity index (χ1n) is 6.72. The van der Waals surface area contributed by atoms with Crippen molar-refractivity contribution in [3.8, 4) is 0 Å². The molecule has 3 rings (SSSR count). The molecule has 0 heterocycles. The maximum Gasteiger partial charge on any atom is 0.0133 e. The van der Waals surface area contributed by atoms with Gasteiger partial charge < -0.3 is 4.90 Å². The van der Waals surface area contributed by atoms with Crippen LogP contribution in [0.4, 0.5) is 0 Å². The maximum atomic E-state index is 2.40. The molecule has 1 heteroatoms. The second kappa shape index (κ2) is 4.30. The second-order valence-electron chi connectivity index (χ2n) is 5.57. The summed E-state index contributed by atoms with van der Waals surface area (Å²) in [5.41, 5.74) is 6.35. The molecule has 1 aromatic rings. The van der Waals surface area contributed by atoms with Gasteiger partial charge in [-0.05, 0) is 68.5 Å². The van der Waals surface area contributed by atoms with Gasteiger partial charge in [-0.2, -0.15) is 0 Å². The number of aryl methyl sites for hydroxylation is 1. The summed E-state index contributed by atoms with van der Waals surface area (Å²) < 4.78 is 0. The smallest absolute Gasteiger partial charge is 0.0133 e. The lowest BCUT2D eigenvalue weighted by Crippen LogP contribution is -2.34. The first-order valence-corrected chi connectivity index (χ1v) is 6.72. The Morgan fingerprint density at radius 1 is 1.18 bits per heavy atom. The highest BCUT2D eigenvalue weighted by molar-refractivity contribution is 5.73. The largest absolute Gasteiger partial charge is 0.306 e. The zero-order valence-electron chi connectivity index (χ0n) is 10.9. The third-order valence-corrected chi connectivity index (χ3v) is 4.34. The van der Waals surface area contributed by atoms with Gasteiger partial charge in [-0.25, -0.2) is 0 Å². The number of hydrogen-bond acceptors (Lipinski definition) is 1. The molecule has 2 aliphatic carbocycles. The Hall–Kier alpha value is -1.08. The van der Waals surface area contributed by atoms with E-state index in [1.807, 2.05) is 0 Å². The summed E-state index contributed by atoms with van der Waals surface area (Å²) in [7, 11) is 4.42. The van der Waals surface area contributed by atoms with E-state index >= 15 is 0 Å². The number of allylic oxidation sites excluding steroid dienone is 2. The zero-order valence-corrected chi connectivity index (χ0v) is 10.9. The molecule has 90 valence electrons. The van der Waals surface area contributed by atoms with Gasteiger partial charge in [0.25, 0.3) is 0 Å². The summed E-state index contributed by atoms with van der Waals surface area (Å²) in [5.74, 6) is 0. The predicted octanol–water partition coefficient (Wildman–Crippen LogP) is 3.28. The molecule has 0 aromatic heterocycles. The van der Waals surface area contributed by atoms with E-state index in [-0.39, 0.29) is 0 Å². The average molecular weight is 227 g/mol. The van der Waals surface area contributed by atoms with E-state index in [9.17, 15) is 0 Å². The molecule has 0 N–H and O–H groups in total. The number of likely N-dealkylation sites (N-methyl/N-ethyl adjacent to an activating group) is 1. The fourth-order valence-electron chi connectivity index (χ4n) is 3.04. The van der Waals surface area contributed by atoms with Crippen molar-refractivity contribution in [2.75, 3.05) is 14.1 Å². The molecule has 1 aromatic carbocycles. The minimum Gasteiger partial charge on any atom is -0.306 e. The lowest BCUT2D eigenvalue weighted by Gasteiger charge is -2.32. The van der Waals surface area contributed by atoms with Crippen molar-refractivity contribution in [2.24, 2.45) is 0 Å². The van der Waals surface area contributed by atoms with Crippen LogP contribution in [0.2, 0.25) is 0 Å². The molecule has 1 nitrogen and oxygen atoms in total. The molecule has 0 bridgehead atoms. The molecule has 0 spiro atoms. The SMILES string of the molecule is CN(C)C1CCc2cccc(C3=CCC3)c2C1. The topological polar surface area (TPSA) is 3.24 Å². The van der Waals surface area contributed by atoms with E-state index in [1.165, 1.54) is 32.1 Å². The van der Waals surface area contributed by atoms with E-state index in [2.05, 4.69) is 43.3 Å². The third-order valence-electron chi connectivity index (χ3n) is 4.34. The molecule has 17 heavy (non-hydrogen) atoms. The van der Waals surface area contributed by atoms with Gasteiger partial charge in [0.1, 0.15) is 0 Å². The summed E-state index contributed by atoms with van der Waals surface area (Å²) in [4.78, 5) is 2.38. The number of hydrogen-bond donors (Lipinski definition) is 0. The monoisotopic (exact) mass is 227 g/mol. The minimum atomic E-state index is 0.726. The van der Waals surface area contributed by atoms with Crippen LogP contribution in [-0.2, 0) is 12.8 Å². The maximum absolute atomic E-state index is 2.40. The number of nitrogens with zero attached hydrogens (tertiary/aromatic N) is 1. The van der Waals surface area contributed by atoms with E-state index < -0.39 is 0 Å². The quantitative estimate of drug-likeness (QED) is 0.749. The molecule has 0 amide bonds. The Morgan fingerprint density at radius 2 is 2.00 bits per heavy atom.